The summed E-state index contributed by atoms with van der Waals surface area (Å²) in [6.07, 6.45) is 0. The van der Waals surface area contributed by atoms with E-state index in [4.69, 9.17) is 9.47 Å². The Morgan fingerprint density at radius 1 is 0.730 bits per heavy atom. The lowest BCUT2D eigenvalue weighted by atomic mass is 10.0. The van der Waals surface area contributed by atoms with Crippen LogP contribution in [0.1, 0.15) is 10.4 Å². The van der Waals surface area contributed by atoms with Crippen LogP contribution >= 0.6 is 23.9 Å². The Labute approximate surface area is 226 Å². The molecular formula is C29H29N3O3S2. The molecule has 0 atom stereocenters. The number of hydrogen-bond acceptors (Lipinski definition) is 7. The molecule has 4 aromatic rings. The minimum atomic E-state index is -0.0234. The van der Waals surface area contributed by atoms with Gasteiger partial charge in [0.2, 0.25) is 0 Å². The third-order valence-corrected chi connectivity index (χ3v) is 7.19. The van der Waals surface area contributed by atoms with Gasteiger partial charge in [0.25, 0.3) is 5.91 Å². The van der Waals surface area contributed by atoms with Crippen molar-refractivity contribution in [1.29, 1.82) is 0 Å². The standard InChI is InChI=1S/C29H29N3O3S2/c1-32(2)29(33)22-9-5-8-20(16-22)21-14-15-27(35-4)28(17-21)37-31-24-11-6-10-23(18-24)30-36-26-13-7-12-25(19-26)34-3/h5-19,30-31H,1-4H3. The molecule has 37 heavy (non-hydrogen) atoms. The summed E-state index contributed by atoms with van der Waals surface area (Å²) in [5.41, 5.74) is 4.55. The zero-order valence-electron chi connectivity index (χ0n) is 21.1. The van der Waals surface area contributed by atoms with Gasteiger partial charge in [-0.05, 0) is 95.7 Å². The third-order valence-electron chi connectivity index (χ3n) is 5.48. The van der Waals surface area contributed by atoms with E-state index in [-0.39, 0.29) is 5.91 Å². The maximum Gasteiger partial charge on any atom is 0.253 e. The first-order valence-corrected chi connectivity index (χ1v) is 13.2. The number of nitrogens with zero attached hydrogens (tertiary/aromatic N) is 1. The highest BCUT2D eigenvalue weighted by Gasteiger charge is 2.11. The van der Waals surface area contributed by atoms with Crippen molar-refractivity contribution in [2.75, 3.05) is 37.8 Å². The van der Waals surface area contributed by atoms with Crippen LogP contribution in [0.15, 0.2) is 101 Å². The molecule has 1 amide bonds. The van der Waals surface area contributed by atoms with Gasteiger partial charge in [-0.2, -0.15) is 0 Å². The van der Waals surface area contributed by atoms with Crippen LogP contribution in [-0.4, -0.2) is 39.1 Å². The van der Waals surface area contributed by atoms with Gasteiger partial charge in [-0.3, -0.25) is 4.79 Å². The molecule has 0 aliphatic carbocycles. The molecule has 0 bridgehead atoms. The summed E-state index contributed by atoms with van der Waals surface area (Å²) >= 11 is 3.00. The van der Waals surface area contributed by atoms with Gasteiger partial charge < -0.3 is 23.8 Å². The molecule has 0 saturated heterocycles. The maximum atomic E-state index is 12.4. The quantitative estimate of drug-likeness (QED) is 0.208. The number of carbonyl (C=O) groups is 1. The highest BCUT2D eigenvalue weighted by atomic mass is 32.2. The van der Waals surface area contributed by atoms with E-state index in [2.05, 4.69) is 15.5 Å². The van der Waals surface area contributed by atoms with E-state index in [1.54, 1.807) is 33.2 Å². The predicted octanol–water partition coefficient (Wildman–Crippen LogP) is 7.31. The molecule has 0 aliphatic heterocycles. The Morgan fingerprint density at radius 3 is 2.16 bits per heavy atom. The fourth-order valence-corrected chi connectivity index (χ4v) is 5.05. The molecule has 0 aromatic heterocycles. The Balaban J connectivity index is 1.47. The van der Waals surface area contributed by atoms with Crippen molar-refractivity contribution >= 4 is 41.2 Å². The number of hydrogen-bond donors (Lipinski definition) is 2. The van der Waals surface area contributed by atoms with Gasteiger partial charge in [-0.1, -0.05) is 30.3 Å². The Bertz CT molecular complexity index is 1380. The van der Waals surface area contributed by atoms with Gasteiger partial charge >= 0.3 is 0 Å². The fourth-order valence-electron chi connectivity index (χ4n) is 3.57. The van der Waals surface area contributed by atoms with Crippen molar-refractivity contribution in [2.45, 2.75) is 9.79 Å². The second-order valence-electron chi connectivity index (χ2n) is 8.31. The molecule has 0 saturated carbocycles. The van der Waals surface area contributed by atoms with E-state index in [1.165, 1.54) is 23.9 Å². The molecule has 0 radical (unpaired) electrons. The summed E-state index contributed by atoms with van der Waals surface area (Å²) in [4.78, 5) is 16.0. The Morgan fingerprint density at radius 2 is 1.43 bits per heavy atom. The second kappa shape index (κ2) is 12.5. The predicted molar refractivity (Wildman–Crippen MR) is 155 cm³/mol. The van der Waals surface area contributed by atoms with Crippen molar-refractivity contribution in [2.24, 2.45) is 0 Å². The van der Waals surface area contributed by atoms with Crippen LogP contribution in [0, 0.1) is 0 Å². The minimum Gasteiger partial charge on any atom is -0.497 e. The van der Waals surface area contributed by atoms with Crippen LogP contribution in [-0.2, 0) is 0 Å². The van der Waals surface area contributed by atoms with Crippen LogP contribution in [0.4, 0.5) is 11.4 Å². The summed E-state index contributed by atoms with van der Waals surface area (Å²) in [6.45, 7) is 0. The largest absolute Gasteiger partial charge is 0.497 e. The van der Waals surface area contributed by atoms with Crippen molar-refractivity contribution in [3.05, 3.63) is 96.6 Å². The van der Waals surface area contributed by atoms with Crippen molar-refractivity contribution < 1.29 is 14.3 Å². The van der Waals surface area contributed by atoms with E-state index in [9.17, 15) is 4.79 Å². The summed E-state index contributed by atoms with van der Waals surface area (Å²) in [6, 6.07) is 29.7. The van der Waals surface area contributed by atoms with Crippen molar-refractivity contribution in [1.82, 2.24) is 4.90 Å². The van der Waals surface area contributed by atoms with Gasteiger partial charge in [-0.25, -0.2) is 0 Å². The smallest absolute Gasteiger partial charge is 0.253 e. The number of amides is 1. The number of nitrogens with one attached hydrogen (secondary N) is 2. The second-order valence-corrected chi connectivity index (χ2v) is 10.0. The number of ether oxygens (including phenoxy) is 2. The zero-order valence-corrected chi connectivity index (χ0v) is 22.8. The molecule has 0 unspecified atom stereocenters. The van der Waals surface area contributed by atoms with Crippen LogP contribution in [0.2, 0.25) is 0 Å². The van der Waals surface area contributed by atoms with Crippen LogP contribution in [0.5, 0.6) is 11.5 Å². The lowest BCUT2D eigenvalue weighted by molar-refractivity contribution is 0.0827. The molecule has 4 aromatic carbocycles. The van der Waals surface area contributed by atoms with Crippen LogP contribution in [0.3, 0.4) is 0 Å². The van der Waals surface area contributed by atoms with Gasteiger partial charge in [0.05, 0.1) is 19.1 Å². The average molecular weight is 532 g/mol. The first-order valence-electron chi connectivity index (χ1n) is 11.6. The van der Waals surface area contributed by atoms with Gasteiger partial charge in [-0.15, -0.1) is 0 Å². The maximum absolute atomic E-state index is 12.4. The molecule has 0 spiro atoms. The number of anilines is 2. The number of rotatable bonds is 10. The summed E-state index contributed by atoms with van der Waals surface area (Å²) in [5, 5.41) is 0. The fraction of sp³-hybridized carbons (Fsp3) is 0.138. The van der Waals surface area contributed by atoms with Gasteiger partial charge in [0.1, 0.15) is 11.5 Å². The van der Waals surface area contributed by atoms with E-state index in [0.29, 0.717) is 5.56 Å². The first-order chi connectivity index (χ1) is 18.0. The average Bonchev–Trinajstić information content (AvgIpc) is 2.94. The molecule has 0 heterocycles. The minimum absolute atomic E-state index is 0.0234. The van der Waals surface area contributed by atoms with Crippen molar-refractivity contribution in [3.8, 4) is 22.6 Å². The number of methoxy groups -OCH3 is 2. The van der Waals surface area contributed by atoms with Crippen molar-refractivity contribution in [3.63, 3.8) is 0 Å². The Hall–Kier alpha value is -3.75. The lowest BCUT2D eigenvalue weighted by Crippen LogP contribution is -2.21. The summed E-state index contributed by atoms with van der Waals surface area (Å²) < 4.78 is 17.7. The lowest BCUT2D eigenvalue weighted by Gasteiger charge is -2.14. The summed E-state index contributed by atoms with van der Waals surface area (Å²) in [5.74, 6) is 1.57. The molecular weight excluding hydrogens is 502 g/mol. The molecule has 6 nitrogen and oxygen atoms in total. The number of benzene rings is 4. The zero-order chi connectivity index (χ0) is 26.2. The third kappa shape index (κ3) is 6.93. The van der Waals surface area contributed by atoms with Crippen LogP contribution < -0.4 is 18.9 Å². The van der Waals surface area contributed by atoms with Crippen LogP contribution in [0.25, 0.3) is 11.1 Å². The molecule has 0 fully saturated rings. The monoisotopic (exact) mass is 531 g/mol. The van der Waals surface area contributed by atoms with Gasteiger partial charge in [0, 0.05) is 35.9 Å². The highest BCUT2D eigenvalue weighted by molar-refractivity contribution is 8.01. The molecule has 8 heteroatoms. The normalized spacial score (nSPS) is 10.5. The van der Waals surface area contributed by atoms with E-state index in [1.807, 2.05) is 84.9 Å². The molecule has 190 valence electrons. The van der Waals surface area contributed by atoms with Gasteiger partial charge in [0.15, 0.2) is 0 Å². The molecule has 4 rings (SSSR count). The molecule has 0 aliphatic rings. The molecule has 2 N–H and O–H groups in total. The summed E-state index contributed by atoms with van der Waals surface area (Å²) in [7, 11) is 6.84. The van der Waals surface area contributed by atoms with E-state index in [0.717, 1.165) is 43.8 Å². The topological polar surface area (TPSA) is 62.8 Å². The Kier molecular flexibility index (Phi) is 8.87. The SMILES string of the molecule is COc1cccc(SNc2cccc(NSc3cc(-c4cccc(C(=O)N(C)C)c4)ccc3OC)c2)c1. The number of carbonyl (C=O) groups excluding carboxylic acids is 1. The highest BCUT2D eigenvalue weighted by Crippen LogP contribution is 2.35. The van der Waals surface area contributed by atoms with E-state index >= 15 is 0 Å². The van der Waals surface area contributed by atoms with E-state index < -0.39 is 0 Å². The first kappa shape index (κ1) is 26.3.